The van der Waals surface area contributed by atoms with Crippen LogP contribution >= 0.6 is 11.3 Å². The summed E-state index contributed by atoms with van der Waals surface area (Å²) in [6.07, 6.45) is 1.60. The minimum absolute atomic E-state index is 0.0137. The van der Waals surface area contributed by atoms with Crippen LogP contribution < -0.4 is 5.32 Å². The van der Waals surface area contributed by atoms with E-state index in [-0.39, 0.29) is 19.1 Å². The van der Waals surface area contributed by atoms with E-state index in [1.54, 1.807) is 11.3 Å². The summed E-state index contributed by atoms with van der Waals surface area (Å²) in [5, 5.41) is 4.14. The second-order valence-electron chi connectivity index (χ2n) is 11.2. The number of hydrogen-bond acceptors (Lipinski definition) is 5. The molecule has 1 N–H and O–H groups in total. The van der Waals surface area contributed by atoms with Gasteiger partial charge >= 0.3 is 13.2 Å². The lowest BCUT2D eigenvalue weighted by Crippen LogP contribution is -2.41. The van der Waals surface area contributed by atoms with Gasteiger partial charge in [-0.3, -0.25) is 0 Å². The lowest BCUT2D eigenvalue weighted by molar-refractivity contribution is 0.00578. The summed E-state index contributed by atoms with van der Waals surface area (Å²) < 4.78 is 19.7. The molecule has 7 heteroatoms. The standard InChI is InChI=1S/C32H32BNO4S/c1-31(2)32(3,4)38-33(37-31)22(18-23-17-21-11-5-10-16-29(21)39-23)19-34-30(35)36-20-28-26-14-8-6-12-24(26)25-13-7-9-15-27(25)28/h5-18,28H,19-20H2,1-4H3,(H,34,35). The number of carbonyl (C=O) groups is 1. The van der Waals surface area contributed by atoms with Gasteiger partial charge in [-0.1, -0.05) is 66.7 Å². The number of ether oxygens (including phenoxy) is 1. The number of amides is 1. The van der Waals surface area contributed by atoms with Crippen molar-refractivity contribution in [2.75, 3.05) is 13.2 Å². The Kier molecular flexibility index (Phi) is 6.62. The fraction of sp³-hybridized carbons (Fsp3) is 0.281. The molecule has 1 saturated heterocycles. The molecule has 1 aromatic heterocycles. The largest absolute Gasteiger partial charge is 0.492 e. The van der Waals surface area contributed by atoms with Crippen molar-refractivity contribution in [2.45, 2.75) is 44.8 Å². The summed E-state index contributed by atoms with van der Waals surface area (Å²) in [7, 11) is -0.575. The highest BCUT2D eigenvalue weighted by atomic mass is 32.1. The Bertz CT molecular complexity index is 1480. The van der Waals surface area contributed by atoms with Gasteiger partial charge in [0.05, 0.1) is 11.2 Å². The van der Waals surface area contributed by atoms with Crippen molar-refractivity contribution < 1.29 is 18.8 Å². The van der Waals surface area contributed by atoms with Crippen molar-refractivity contribution in [2.24, 2.45) is 0 Å². The van der Waals surface area contributed by atoms with Crippen molar-refractivity contribution in [1.82, 2.24) is 5.32 Å². The summed E-state index contributed by atoms with van der Waals surface area (Å²) in [6.45, 7) is 8.64. The number of benzene rings is 3. The second kappa shape index (κ2) is 9.98. The molecule has 4 aromatic rings. The van der Waals surface area contributed by atoms with Crippen LogP contribution in [-0.2, 0) is 14.0 Å². The Hall–Kier alpha value is -3.39. The molecular formula is C32H32BNO4S. The number of alkyl carbamates (subject to hydrolysis) is 1. The second-order valence-corrected chi connectivity index (χ2v) is 12.3. The number of thiophene rings is 1. The molecule has 0 radical (unpaired) electrons. The molecule has 198 valence electrons. The van der Waals surface area contributed by atoms with E-state index in [1.165, 1.54) is 32.3 Å². The van der Waals surface area contributed by atoms with Gasteiger partial charge < -0.3 is 19.4 Å². The molecule has 5 nitrogen and oxygen atoms in total. The van der Waals surface area contributed by atoms with Gasteiger partial charge in [-0.2, -0.15) is 0 Å². The van der Waals surface area contributed by atoms with E-state index in [0.717, 1.165) is 10.3 Å². The molecule has 1 amide bonds. The highest BCUT2D eigenvalue weighted by Crippen LogP contribution is 2.44. The Morgan fingerprint density at radius 2 is 1.51 bits per heavy atom. The maximum atomic E-state index is 13.0. The SMILES string of the molecule is CC1(C)OB(C(=Cc2cc3ccccc3s2)CNC(=O)OCC2c3ccccc3-c3ccccc32)OC1(C)C. The summed E-state index contributed by atoms with van der Waals surface area (Å²) in [5.74, 6) is 0.0137. The summed E-state index contributed by atoms with van der Waals surface area (Å²) in [6, 6.07) is 27.1. The van der Waals surface area contributed by atoms with E-state index in [0.29, 0.717) is 0 Å². The Balaban J connectivity index is 1.18. The lowest BCUT2D eigenvalue weighted by atomic mass is 9.77. The summed E-state index contributed by atoms with van der Waals surface area (Å²) in [5.41, 5.74) is 4.66. The van der Waals surface area contributed by atoms with Crippen LogP contribution in [0.5, 0.6) is 0 Å². The van der Waals surface area contributed by atoms with Gasteiger partial charge in [0.25, 0.3) is 0 Å². The molecule has 2 aliphatic rings. The van der Waals surface area contributed by atoms with Gasteiger partial charge in [-0.15, -0.1) is 11.3 Å². The van der Waals surface area contributed by atoms with Crippen LogP contribution in [0.4, 0.5) is 4.79 Å². The topological polar surface area (TPSA) is 56.8 Å². The zero-order valence-electron chi connectivity index (χ0n) is 22.7. The van der Waals surface area contributed by atoms with E-state index in [2.05, 4.69) is 53.9 Å². The monoisotopic (exact) mass is 537 g/mol. The van der Waals surface area contributed by atoms with Crippen LogP contribution in [0.25, 0.3) is 27.3 Å². The molecule has 2 heterocycles. The minimum atomic E-state index is -0.575. The predicted octanol–water partition coefficient (Wildman–Crippen LogP) is 7.45. The van der Waals surface area contributed by atoms with E-state index in [4.69, 9.17) is 14.0 Å². The van der Waals surface area contributed by atoms with Crippen molar-refractivity contribution in [1.29, 1.82) is 0 Å². The molecule has 0 bridgehead atoms. The van der Waals surface area contributed by atoms with E-state index in [9.17, 15) is 4.79 Å². The number of hydrogen-bond donors (Lipinski definition) is 1. The first-order valence-electron chi connectivity index (χ1n) is 13.4. The molecule has 3 aromatic carbocycles. The third-order valence-corrected chi connectivity index (χ3v) is 9.17. The zero-order chi connectivity index (χ0) is 27.2. The number of nitrogens with one attached hydrogen (secondary N) is 1. The van der Waals surface area contributed by atoms with Crippen molar-refractivity contribution in [3.05, 3.63) is 100 Å². The number of fused-ring (bicyclic) bond motifs is 4. The van der Waals surface area contributed by atoms with E-state index >= 15 is 0 Å². The Morgan fingerprint density at radius 1 is 0.923 bits per heavy atom. The van der Waals surface area contributed by atoms with Crippen LogP contribution in [-0.4, -0.2) is 37.6 Å². The molecule has 1 aliphatic carbocycles. The maximum Gasteiger partial charge on any atom is 0.492 e. The molecule has 1 fully saturated rings. The average Bonchev–Trinajstić information content (AvgIpc) is 3.54. The van der Waals surface area contributed by atoms with Crippen LogP contribution in [0.2, 0.25) is 0 Å². The first kappa shape index (κ1) is 25.9. The third kappa shape index (κ3) is 4.91. The average molecular weight is 537 g/mol. The highest BCUT2D eigenvalue weighted by Gasteiger charge is 2.52. The molecule has 6 rings (SSSR count). The van der Waals surface area contributed by atoms with Crippen LogP contribution in [0.1, 0.15) is 49.6 Å². The molecule has 0 saturated carbocycles. The maximum absolute atomic E-state index is 13.0. The molecule has 0 atom stereocenters. The minimum Gasteiger partial charge on any atom is -0.449 e. The first-order valence-corrected chi connectivity index (χ1v) is 14.2. The number of carbonyl (C=O) groups excluding carboxylic acids is 1. The molecule has 0 unspecified atom stereocenters. The molecular weight excluding hydrogens is 505 g/mol. The quantitative estimate of drug-likeness (QED) is 0.260. The number of rotatable bonds is 6. The normalized spacial score (nSPS) is 17.7. The van der Waals surface area contributed by atoms with Gasteiger partial charge in [0, 0.05) is 22.0 Å². The highest BCUT2D eigenvalue weighted by molar-refractivity contribution is 7.19. The Labute approximate surface area is 233 Å². The molecule has 1 aliphatic heterocycles. The van der Waals surface area contributed by atoms with E-state index in [1.807, 2.05) is 64.1 Å². The summed E-state index contributed by atoms with van der Waals surface area (Å²) in [4.78, 5) is 14.0. The first-order chi connectivity index (χ1) is 18.7. The molecule has 39 heavy (non-hydrogen) atoms. The van der Waals surface area contributed by atoms with E-state index < -0.39 is 24.4 Å². The smallest absolute Gasteiger partial charge is 0.449 e. The van der Waals surface area contributed by atoms with Gasteiger partial charge in [-0.25, -0.2) is 4.79 Å². The van der Waals surface area contributed by atoms with Crippen molar-refractivity contribution in [3.63, 3.8) is 0 Å². The molecule has 0 spiro atoms. The Morgan fingerprint density at radius 3 is 2.15 bits per heavy atom. The van der Waals surface area contributed by atoms with Crippen LogP contribution in [0.3, 0.4) is 0 Å². The zero-order valence-corrected chi connectivity index (χ0v) is 23.5. The fourth-order valence-corrected chi connectivity index (χ4v) is 6.32. The van der Waals surface area contributed by atoms with Crippen molar-refractivity contribution in [3.8, 4) is 11.1 Å². The van der Waals surface area contributed by atoms with Crippen LogP contribution in [0.15, 0.2) is 84.3 Å². The van der Waals surface area contributed by atoms with Gasteiger partial charge in [0.15, 0.2) is 0 Å². The predicted molar refractivity (Wildman–Crippen MR) is 159 cm³/mol. The third-order valence-electron chi connectivity index (χ3n) is 8.11. The summed E-state index contributed by atoms with van der Waals surface area (Å²) >= 11 is 1.70. The van der Waals surface area contributed by atoms with Gasteiger partial charge in [0.1, 0.15) is 6.61 Å². The fourth-order valence-electron chi connectivity index (χ4n) is 5.28. The van der Waals surface area contributed by atoms with Crippen LogP contribution in [0, 0.1) is 0 Å². The van der Waals surface area contributed by atoms with Crippen molar-refractivity contribution >= 4 is 40.7 Å². The van der Waals surface area contributed by atoms with Gasteiger partial charge in [0.2, 0.25) is 0 Å². The lowest BCUT2D eigenvalue weighted by Gasteiger charge is -2.32. The van der Waals surface area contributed by atoms with Gasteiger partial charge in [-0.05, 0) is 79.0 Å².